The van der Waals surface area contributed by atoms with Gasteiger partial charge in [0.2, 0.25) is 0 Å². The van der Waals surface area contributed by atoms with Crippen molar-refractivity contribution in [1.29, 1.82) is 0 Å². The summed E-state index contributed by atoms with van der Waals surface area (Å²) in [6.07, 6.45) is 3.78. The lowest BCUT2D eigenvalue weighted by atomic mass is 10.1. The topological polar surface area (TPSA) is 54.7 Å². The molecule has 1 N–H and O–H groups in total. The average molecular weight is 377 g/mol. The molecule has 3 aromatic rings. The molecule has 0 saturated heterocycles. The summed E-state index contributed by atoms with van der Waals surface area (Å²) >= 11 is 0. The second kappa shape index (κ2) is 9.60. The van der Waals surface area contributed by atoms with Crippen molar-refractivity contribution in [1.82, 2.24) is 20.0 Å². The van der Waals surface area contributed by atoms with Crippen LogP contribution >= 0.6 is 0 Å². The van der Waals surface area contributed by atoms with Gasteiger partial charge in [-0.15, -0.1) is 0 Å². The number of aliphatic imine (C=N–C) groups is 1. The van der Waals surface area contributed by atoms with Crippen LogP contribution in [0.4, 0.5) is 0 Å². The second-order valence-electron chi connectivity index (χ2n) is 6.58. The van der Waals surface area contributed by atoms with Crippen LogP contribution in [0.15, 0.2) is 72.0 Å². The highest BCUT2D eigenvalue weighted by Crippen LogP contribution is 2.13. The minimum atomic E-state index is 0.705. The van der Waals surface area contributed by atoms with E-state index in [1.54, 1.807) is 13.3 Å². The van der Waals surface area contributed by atoms with E-state index >= 15 is 0 Å². The van der Waals surface area contributed by atoms with Crippen LogP contribution in [0.1, 0.15) is 16.7 Å². The lowest BCUT2D eigenvalue weighted by molar-refractivity contribution is 0.414. The molecule has 0 aliphatic heterocycles. The molecule has 0 fully saturated rings. The van der Waals surface area contributed by atoms with Gasteiger partial charge in [-0.25, -0.2) is 0 Å². The van der Waals surface area contributed by atoms with Gasteiger partial charge in [0, 0.05) is 39.6 Å². The Morgan fingerprint density at radius 3 is 2.50 bits per heavy atom. The summed E-state index contributed by atoms with van der Waals surface area (Å²) in [7, 11) is 5.52. The molecule has 2 aromatic carbocycles. The van der Waals surface area contributed by atoms with E-state index in [1.807, 2.05) is 43.2 Å². The molecule has 0 spiro atoms. The molecule has 0 unspecified atom stereocenters. The quantitative estimate of drug-likeness (QED) is 0.508. The van der Waals surface area contributed by atoms with Gasteiger partial charge in [-0.05, 0) is 34.9 Å². The monoisotopic (exact) mass is 377 g/mol. The zero-order valence-corrected chi connectivity index (χ0v) is 16.7. The number of hydrogen-bond acceptors (Lipinski definition) is 3. The maximum absolute atomic E-state index is 5.22. The Labute approximate surface area is 166 Å². The predicted molar refractivity (Wildman–Crippen MR) is 112 cm³/mol. The Kier molecular flexibility index (Phi) is 6.68. The number of nitrogens with one attached hydrogen (secondary N) is 1. The molecule has 3 rings (SSSR count). The number of guanidine groups is 1. The average Bonchev–Trinajstić information content (AvgIpc) is 3.23. The highest BCUT2D eigenvalue weighted by molar-refractivity contribution is 5.79. The number of benzene rings is 2. The van der Waals surface area contributed by atoms with E-state index in [1.165, 1.54) is 16.7 Å². The van der Waals surface area contributed by atoms with E-state index in [9.17, 15) is 0 Å². The van der Waals surface area contributed by atoms with Gasteiger partial charge < -0.3 is 15.0 Å². The number of methoxy groups -OCH3 is 1. The molecule has 0 bridgehead atoms. The van der Waals surface area contributed by atoms with Crippen molar-refractivity contribution in [2.45, 2.75) is 19.6 Å². The number of hydrogen-bond donors (Lipinski definition) is 1. The smallest absolute Gasteiger partial charge is 0.193 e. The minimum absolute atomic E-state index is 0.705. The van der Waals surface area contributed by atoms with Crippen molar-refractivity contribution in [3.8, 4) is 5.75 Å². The fourth-order valence-electron chi connectivity index (χ4n) is 3.09. The predicted octanol–water partition coefficient (Wildman–Crippen LogP) is 3.15. The van der Waals surface area contributed by atoms with Crippen molar-refractivity contribution in [3.63, 3.8) is 0 Å². The molecule has 1 heterocycles. The van der Waals surface area contributed by atoms with E-state index in [0.29, 0.717) is 6.54 Å². The number of rotatable bonds is 7. The van der Waals surface area contributed by atoms with E-state index in [2.05, 4.69) is 56.7 Å². The minimum Gasteiger partial charge on any atom is -0.497 e. The van der Waals surface area contributed by atoms with Crippen LogP contribution in [0.2, 0.25) is 0 Å². The Hall–Kier alpha value is -3.28. The largest absolute Gasteiger partial charge is 0.497 e. The summed E-state index contributed by atoms with van der Waals surface area (Å²) in [5.41, 5.74) is 3.68. The van der Waals surface area contributed by atoms with Crippen molar-refractivity contribution in [2.24, 2.45) is 4.99 Å². The summed E-state index contributed by atoms with van der Waals surface area (Å²) in [6.45, 7) is 2.22. The molecular formula is C22H27N5O. The third-order valence-electron chi connectivity index (χ3n) is 4.60. The Morgan fingerprint density at radius 1 is 1.11 bits per heavy atom. The van der Waals surface area contributed by atoms with Gasteiger partial charge in [-0.2, -0.15) is 5.10 Å². The zero-order valence-electron chi connectivity index (χ0n) is 16.7. The Bertz CT molecular complexity index is 888. The molecule has 6 heteroatoms. The molecule has 0 atom stereocenters. The molecule has 0 aliphatic carbocycles. The lowest BCUT2D eigenvalue weighted by Crippen LogP contribution is -2.38. The Morgan fingerprint density at radius 2 is 1.86 bits per heavy atom. The van der Waals surface area contributed by atoms with Crippen molar-refractivity contribution < 1.29 is 4.74 Å². The van der Waals surface area contributed by atoms with Crippen LogP contribution in [-0.4, -0.2) is 41.8 Å². The van der Waals surface area contributed by atoms with E-state index in [4.69, 9.17) is 4.74 Å². The summed E-state index contributed by atoms with van der Waals surface area (Å²) in [5, 5.41) is 7.78. The molecule has 6 nitrogen and oxygen atoms in total. The number of ether oxygens (including phenoxy) is 1. The third-order valence-corrected chi connectivity index (χ3v) is 4.60. The highest BCUT2D eigenvalue weighted by atomic mass is 16.5. The molecular weight excluding hydrogens is 350 g/mol. The summed E-state index contributed by atoms with van der Waals surface area (Å²) in [4.78, 5) is 6.54. The summed E-state index contributed by atoms with van der Waals surface area (Å²) in [5.74, 6) is 1.72. The molecule has 28 heavy (non-hydrogen) atoms. The van der Waals surface area contributed by atoms with Crippen molar-refractivity contribution in [3.05, 3.63) is 83.7 Å². The first-order valence-corrected chi connectivity index (χ1v) is 9.28. The first-order chi connectivity index (χ1) is 13.7. The van der Waals surface area contributed by atoms with Gasteiger partial charge in [0.25, 0.3) is 0 Å². The van der Waals surface area contributed by atoms with E-state index in [0.717, 1.165) is 24.8 Å². The van der Waals surface area contributed by atoms with Crippen LogP contribution in [0, 0.1) is 0 Å². The highest BCUT2D eigenvalue weighted by Gasteiger charge is 2.09. The van der Waals surface area contributed by atoms with Crippen LogP contribution < -0.4 is 10.1 Å². The first-order valence-electron chi connectivity index (χ1n) is 9.28. The molecule has 0 amide bonds. The molecule has 0 saturated carbocycles. The maximum atomic E-state index is 5.22. The molecule has 1 aromatic heterocycles. The molecule has 0 radical (unpaired) electrons. The van der Waals surface area contributed by atoms with Gasteiger partial charge in [-0.3, -0.25) is 9.67 Å². The number of aromatic nitrogens is 2. The van der Waals surface area contributed by atoms with Crippen LogP contribution in [0.25, 0.3) is 0 Å². The van der Waals surface area contributed by atoms with Crippen molar-refractivity contribution >= 4 is 5.96 Å². The first kappa shape index (κ1) is 19.5. The lowest BCUT2D eigenvalue weighted by Gasteiger charge is -2.23. The van der Waals surface area contributed by atoms with Gasteiger partial charge in [0.1, 0.15) is 5.75 Å². The van der Waals surface area contributed by atoms with Crippen LogP contribution in [-0.2, 0) is 19.6 Å². The van der Waals surface area contributed by atoms with Gasteiger partial charge in [0.05, 0.1) is 13.7 Å². The SMILES string of the molecule is CN=C(NCc1ccccc1Cn1cccn1)N(C)Cc1ccc(OC)cc1. The van der Waals surface area contributed by atoms with Crippen molar-refractivity contribution in [2.75, 3.05) is 21.2 Å². The molecule has 146 valence electrons. The molecule has 0 aliphatic rings. The normalized spacial score (nSPS) is 11.3. The van der Waals surface area contributed by atoms with Crippen LogP contribution in [0.3, 0.4) is 0 Å². The van der Waals surface area contributed by atoms with Gasteiger partial charge >= 0.3 is 0 Å². The Balaban J connectivity index is 1.62. The van der Waals surface area contributed by atoms with Crippen LogP contribution in [0.5, 0.6) is 5.75 Å². The third kappa shape index (κ3) is 5.13. The van der Waals surface area contributed by atoms with E-state index < -0.39 is 0 Å². The van der Waals surface area contributed by atoms with E-state index in [-0.39, 0.29) is 0 Å². The fraction of sp³-hybridized carbons (Fsp3) is 0.273. The maximum Gasteiger partial charge on any atom is 0.193 e. The zero-order chi connectivity index (χ0) is 19.8. The van der Waals surface area contributed by atoms with Gasteiger partial charge in [0.15, 0.2) is 5.96 Å². The fourth-order valence-corrected chi connectivity index (χ4v) is 3.09. The van der Waals surface area contributed by atoms with Gasteiger partial charge in [-0.1, -0.05) is 36.4 Å². The standard InChI is InChI=1S/C22H27N5O/c1-23-22(26(2)16-18-9-11-21(28-3)12-10-18)24-15-19-7-4-5-8-20(19)17-27-14-6-13-25-27/h4-14H,15-17H2,1-3H3,(H,23,24). The number of nitrogens with zero attached hydrogens (tertiary/aromatic N) is 4. The summed E-state index contributed by atoms with van der Waals surface area (Å²) in [6, 6.07) is 18.4. The summed E-state index contributed by atoms with van der Waals surface area (Å²) < 4.78 is 7.16. The second-order valence-corrected chi connectivity index (χ2v) is 6.58.